The SMILES string of the molecule is CCCCCCCCCCCCCC(=O)O[C@H]1[C@H](O)[C@H](O)CO[C@@H]1CO. The second kappa shape index (κ2) is 14.4. The number of unbranched alkanes of at least 4 members (excludes halogenated alkanes) is 10. The number of aliphatic hydroxyl groups excluding tert-OH is 3. The van der Waals surface area contributed by atoms with Gasteiger partial charge in [0, 0.05) is 6.42 Å². The fourth-order valence-corrected chi connectivity index (χ4v) is 3.30. The van der Waals surface area contributed by atoms with Crippen molar-refractivity contribution in [1.82, 2.24) is 0 Å². The van der Waals surface area contributed by atoms with Gasteiger partial charge in [-0.05, 0) is 6.42 Å². The first kappa shape index (κ1) is 23.3. The Morgan fingerprint density at radius 2 is 1.50 bits per heavy atom. The fourth-order valence-electron chi connectivity index (χ4n) is 3.30. The third-order valence-corrected chi connectivity index (χ3v) is 5.01. The van der Waals surface area contributed by atoms with E-state index in [-0.39, 0.29) is 19.6 Å². The summed E-state index contributed by atoms with van der Waals surface area (Å²) in [6.07, 6.45) is 9.47. The minimum Gasteiger partial charge on any atom is -0.457 e. The first-order valence-electron chi connectivity index (χ1n) is 10.4. The lowest BCUT2D eigenvalue weighted by atomic mass is 10.0. The van der Waals surface area contributed by atoms with Gasteiger partial charge < -0.3 is 24.8 Å². The van der Waals surface area contributed by atoms with Crippen molar-refractivity contribution in [3.63, 3.8) is 0 Å². The van der Waals surface area contributed by atoms with Gasteiger partial charge in [0.05, 0.1) is 13.2 Å². The highest BCUT2D eigenvalue weighted by Gasteiger charge is 2.41. The lowest BCUT2D eigenvalue weighted by molar-refractivity contribution is -0.213. The Balaban J connectivity index is 2.04. The number of rotatable bonds is 14. The van der Waals surface area contributed by atoms with E-state index in [1.807, 2.05) is 0 Å². The van der Waals surface area contributed by atoms with Crippen LogP contribution >= 0.6 is 0 Å². The molecule has 1 rings (SSSR count). The number of hydrogen-bond donors (Lipinski definition) is 3. The van der Waals surface area contributed by atoms with Gasteiger partial charge >= 0.3 is 5.97 Å². The number of ether oxygens (including phenoxy) is 2. The molecule has 1 saturated heterocycles. The zero-order valence-electron chi connectivity index (χ0n) is 16.3. The number of esters is 1. The van der Waals surface area contributed by atoms with Crippen LogP contribution in [0.2, 0.25) is 0 Å². The maximum absolute atomic E-state index is 11.9. The molecule has 0 aliphatic carbocycles. The Kier molecular flexibility index (Phi) is 12.9. The Morgan fingerprint density at radius 1 is 0.962 bits per heavy atom. The minimum atomic E-state index is -1.22. The topological polar surface area (TPSA) is 96.2 Å². The largest absolute Gasteiger partial charge is 0.457 e. The van der Waals surface area contributed by atoms with Crippen molar-refractivity contribution < 1.29 is 29.6 Å². The summed E-state index contributed by atoms with van der Waals surface area (Å²) in [5.74, 6) is -0.416. The average Bonchev–Trinajstić information content (AvgIpc) is 2.63. The molecule has 154 valence electrons. The Labute approximate surface area is 157 Å². The predicted octanol–water partition coefficient (Wildman–Crippen LogP) is 2.71. The van der Waals surface area contributed by atoms with Crippen LogP contribution in [0.4, 0.5) is 0 Å². The molecule has 0 saturated carbocycles. The maximum Gasteiger partial charge on any atom is 0.306 e. The molecule has 0 unspecified atom stereocenters. The predicted molar refractivity (Wildman–Crippen MR) is 99.8 cm³/mol. The van der Waals surface area contributed by atoms with Gasteiger partial charge in [-0.15, -0.1) is 0 Å². The number of carbonyl (C=O) groups excluding carboxylic acids is 1. The molecular formula is C20H38O6. The molecule has 26 heavy (non-hydrogen) atoms. The van der Waals surface area contributed by atoms with E-state index in [1.54, 1.807) is 0 Å². The standard InChI is InChI=1S/C20H38O6/c1-2-3-4-5-6-7-8-9-10-11-12-13-18(23)26-20-17(14-21)25-15-16(22)19(20)24/h16-17,19-22,24H,2-15H2,1H3/t16-,17-,19-,20-/m1/s1. The van der Waals surface area contributed by atoms with Crippen LogP contribution in [0, 0.1) is 0 Å². The molecule has 6 heteroatoms. The van der Waals surface area contributed by atoms with Gasteiger partial charge in [0.15, 0.2) is 6.10 Å². The van der Waals surface area contributed by atoms with Crippen molar-refractivity contribution in [2.75, 3.05) is 13.2 Å². The van der Waals surface area contributed by atoms with Gasteiger partial charge in [-0.2, -0.15) is 0 Å². The zero-order valence-corrected chi connectivity index (χ0v) is 16.3. The van der Waals surface area contributed by atoms with Gasteiger partial charge in [-0.1, -0.05) is 71.1 Å². The van der Waals surface area contributed by atoms with Gasteiger partial charge in [-0.25, -0.2) is 0 Å². The second-order valence-electron chi connectivity index (χ2n) is 7.35. The summed E-state index contributed by atoms with van der Waals surface area (Å²) in [6.45, 7) is 1.80. The van der Waals surface area contributed by atoms with Crippen LogP contribution in [0.1, 0.15) is 84.0 Å². The molecule has 0 spiro atoms. The Bertz CT molecular complexity index is 360. The van der Waals surface area contributed by atoms with Crippen molar-refractivity contribution in [2.45, 2.75) is 108 Å². The van der Waals surface area contributed by atoms with Crippen molar-refractivity contribution in [3.8, 4) is 0 Å². The normalized spacial score (nSPS) is 26.0. The summed E-state index contributed by atoms with van der Waals surface area (Å²) in [5, 5.41) is 28.8. The molecule has 0 amide bonds. The smallest absolute Gasteiger partial charge is 0.306 e. The molecule has 0 aromatic heterocycles. The van der Waals surface area contributed by atoms with Gasteiger partial charge in [-0.3, -0.25) is 4.79 Å². The molecule has 4 atom stereocenters. The van der Waals surface area contributed by atoms with E-state index >= 15 is 0 Å². The van der Waals surface area contributed by atoms with E-state index < -0.39 is 30.4 Å². The molecule has 0 aromatic carbocycles. The molecule has 0 bridgehead atoms. The summed E-state index contributed by atoms with van der Waals surface area (Å²) >= 11 is 0. The monoisotopic (exact) mass is 374 g/mol. The molecule has 1 aliphatic rings. The first-order valence-corrected chi connectivity index (χ1v) is 10.4. The van der Waals surface area contributed by atoms with E-state index in [4.69, 9.17) is 9.47 Å². The zero-order chi connectivity index (χ0) is 19.2. The molecule has 0 radical (unpaired) electrons. The molecule has 1 heterocycles. The minimum absolute atomic E-state index is 0.0704. The third kappa shape index (κ3) is 9.31. The number of hydrogen-bond acceptors (Lipinski definition) is 6. The van der Waals surface area contributed by atoms with E-state index in [1.165, 1.54) is 51.4 Å². The van der Waals surface area contributed by atoms with Crippen LogP contribution in [0.15, 0.2) is 0 Å². The summed E-state index contributed by atoms with van der Waals surface area (Å²) in [5.41, 5.74) is 0. The third-order valence-electron chi connectivity index (χ3n) is 5.01. The fraction of sp³-hybridized carbons (Fsp3) is 0.950. The summed E-state index contributed by atoms with van der Waals surface area (Å²) < 4.78 is 10.4. The lowest BCUT2D eigenvalue weighted by Crippen LogP contribution is -2.55. The molecule has 0 aromatic rings. The van der Waals surface area contributed by atoms with Crippen LogP contribution < -0.4 is 0 Å². The number of aliphatic hydroxyl groups is 3. The van der Waals surface area contributed by atoms with Crippen molar-refractivity contribution in [2.24, 2.45) is 0 Å². The van der Waals surface area contributed by atoms with E-state index in [2.05, 4.69) is 6.92 Å². The van der Waals surface area contributed by atoms with E-state index in [9.17, 15) is 20.1 Å². The summed E-state index contributed by atoms with van der Waals surface area (Å²) in [4.78, 5) is 11.9. The van der Waals surface area contributed by atoms with Crippen molar-refractivity contribution in [3.05, 3.63) is 0 Å². The van der Waals surface area contributed by atoms with Crippen LogP contribution in [0.25, 0.3) is 0 Å². The summed E-state index contributed by atoms with van der Waals surface area (Å²) in [6, 6.07) is 0. The van der Waals surface area contributed by atoms with E-state index in [0.29, 0.717) is 0 Å². The van der Waals surface area contributed by atoms with Gasteiger partial charge in [0.2, 0.25) is 0 Å². The molecule has 6 nitrogen and oxygen atoms in total. The molecule has 1 aliphatic heterocycles. The first-order chi connectivity index (χ1) is 12.6. The molecule has 3 N–H and O–H groups in total. The number of carbonyl (C=O) groups is 1. The second-order valence-corrected chi connectivity index (χ2v) is 7.35. The van der Waals surface area contributed by atoms with Crippen LogP contribution in [-0.4, -0.2) is 58.9 Å². The Hall–Kier alpha value is -0.690. The van der Waals surface area contributed by atoms with Crippen molar-refractivity contribution in [1.29, 1.82) is 0 Å². The highest BCUT2D eigenvalue weighted by molar-refractivity contribution is 5.69. The molecule has 1 fully saturated rings. The summed E-state index contributed by atoms with van der Waals surface area (Å²) in [7, 11) is 0. The highest BCUT2D eigenvalue weighted by atomic mass is 16.6. The van der Waals surface area contributed by atoms with Crippen LogP contribution in [-0.2, 0) is 14.3 Å². The average molecular weight is 375 g/mol. The van der Waals surface area contributed by atoms with Gasteiger partial charge in [0.25, 0.3) is 0 Å². The quantitative estimate of drug-likeness (QED) is 0.320. The maximum atomic E-state index is 11.9. The van der Waals surface area contributed by atoms with Crippen LogP contribution in [0.5, 0.6) is 0 Å². The Morgan fingerprint density at radius 3 is 2.04 bits per heavy atom. The molecular weight excluding hydrogens is 336 g/mol. The van der Waals surface area contributed by atoms with Gasteiger partial charge in [0.1, 0.15) is 18.3 Å². The van der Waals surface area contributed by atoms with E-state index in [0.717, 1.165) is 19.3 Å². The van der Waals surface area contributed by atoms with Crippen molar-refractivity contribution >= 4 is 5.97 Å². The lowest BCUT2D eigenvalue weighted by Gasteiger charge is -2.36. The highest BCUT2D eigenvalue weighted by Crippen LogP contribution is 2.20. The van der Waals surface area contributed by atoms with Crippen LogP contribution in [0.3, 0.4) is 0 Å².